The van der Waals surface area contributed by atoms with Gasteiger partial charge in [-0.15, -0.1) is 0 Å². The summed E-state index contributed by atoms with van der Waals surface area (Å²) in [5.41, 5.74) is 8.11. The van der Waals surface area contributed by atoms with Gasteiger partial charge in [0.15, 0.2) is 0 Å². The fourth-order valence-corrected chi connectivity index (χ4v) is 2.70. The monoisotopic (exact) mass is 520 g/mol. The average Bonchev–Trinajstić information content (AvgIpc) is 2.85. The third-order valence-electron chi connectivity index (χ3n) is 4.37. The normalized spacial score (nSPS) is 11.5. The van der Waals surface area contributed by atoms with Gasteiger partial charge in [0.05, 0.1) is 33.0 Å². The van der Waals surface area contributed by atoms with Gasteiger partial charge < -0.3 is 41.2 Å². The van der Waals surface area contributed by atoms with Crippen molar-refractivity contribution in [2.75, 3.05) is 79.0 Å². The predicted molar refractivity (Wildman–Crippen MR) is 132 cm³/mol. The van der Waals surface area contributed by atoms with Gasteiger partial charge in [-0.25, -0.2) is 5.48 Å². The largest absolute Gasteiger partial charge is 0.377 e. The minimum atomic E-state index is -0.727. The van der Waals surface area contributed by atoms with E-state index in [9.17, 15) is 19.2 Å². The van der Waals surface area contributed by atoms with Gasteiger partial charge in [0.1, 0.15) is 19.3 Å². The van der Waals surface area contributed by atoms with Crippen molar-refractivity contribution >= 4 is 23.6 Å². The van der Waals surface area contributed by atoms with Crippen LogP contribution in [0, 0.1) is 0 Å². The van der Waals surface area contributed by atoms with Crippen LogP contribution in [0.25, 0.3) is 0 Å². The molecule has 0 spiro atoms. The van der Waals surface area contributed by atoms with Crippen molar-refractivity contribution < 1.29 is 38.2 Å². The Morgan fingerprint density at radius 3 is 2.17 bits per heavy atom. The number of nitrogens with one attached hydrogen (secondary N) is 5. The SMILES string of the molecule is CCNOCCOCC(=O)NC(CCCCNC(=O)COCCOCCNC(C)=O)C(=O)NCCN. The molecule has 7 N–H and O–H groups in total. The van der Waals surface area contributed by atoms with Gasteiger partial charge in [0.25, 0.3) is 0 Å². The van der Waals surface area contributed by atoms with Gasteiger partial charge in [-0.3, -0.25) is 24.0 Å². The summed E-state index contributed by atoms with van der Waals surface area (Å²) in [6.45, 7) is 6.64. The fraction of sp³-hybridized carbons (Fsp3) is 0.818. The molecule has 0 aliphatic heterocycles. The Morgan fingerprint density at radius 2 is 1.47 bits per heavy atom. The van der Waals surface area contributed by atoms with Crippen LogP contribution in [0.15, 0.2) is 0 Å². The van der Waals surface area contributed by atoms with Crippen LogP contribution in [0.5, 0.6) is 0 Å². The molecule has 1 atom stereocenters. The Hall–Kier alpha value is -2.36. The molecule has 36 heavy (non-hydrogen) atoms. The lowest BCUT2D eigenvalue weighted by molar-refractivity contribution is -0.132. The number of hydroxylamine groups is 1. The number of nitrogens with two attached hydrogens (primary N) is 1. The van der Waals surface area contributed by atoms with Crippen LogP contribution in [0.2, 0.25) is 0 Å². The van der Waals surface area contributed by atoms with E-state index in [1.165, 1.54) is 6.92 Å². The number of unbranched alkanes of at least 4 members (excludes halogenated alkanes) is 1. The summed E-state index contributed by atoms with van der Waals surface area (Å²) in [6.07, 6.45) is 1.61. The molecule has 0 saturated heterocycles. The van der Waals surface area contributed by atoms with Gasteiger partial charge in [-0.1, -0.05) is 6.92 Å². The minimum Gasteiger partial charge on any atom is -0.377 e. The maximum absolute atomic E-state index is 12.4. The van der Waals surface area contributed by atoms with Crippen LogP contribution in [-0.4, -0.2) is 109 Å². The Bertz CT molecular complexity index is 611. The van der Waals surface area contributed by atoms with E-state index in [-0.39, 0.29) is 44.1 Å². The summed E-state index contributed by atoms with van der Waals surface area (Å²) >= 11 is 0. The van der Waals surface area contributed by atoms with E-state index in [1.54, 1.807) is 0 Å². The first kappa shape index (κ1) is 33.6. The van der Waals surface area contributed by atoms with Crippen LogP contribution in [0.3, 0.4) is 0 Å². The van der Waals surface area contributed by atoms with E-state index < -0.39 is 11.9 Å². The Balaban J connectivity index is 4.02. The van der Waals surface area contributed by atoms with Crippen LogP contribution in [0.1, 0.15) is 33.1 Å². The summed E-state index contributed by atoms with van der Waals surface area (Å²) in [6, 6.07) is -0.727. The molecule has 4 amide bonds. The van der Waals surface area contributed by atoms with E-state index in [2.05, 4.69) is 26.7 Å². The molecule has 0 saturated carbocycles. The maximum Gasteiger partial charge on any atom is 0.246 e. The van der Waals surface area contributed by atoms with E-state index in [0.717, 1.165) is 0 Å². The van der Waals surface area contributed by atoms with Crippen LogP contribution in [-0.2, 0) is 38.2 Å². The summed E-state index contributed by atoms with van der Waals surface area (Å²) in [5.74, 6) is -1.10. The van der Waals surface area contributed by atoms with Crippen molar-refractivity contribution in [3.8, 4) is 0 Å². The third-order valence-corrected chi connectivity index (χ3v) is 4.37. The molecule has 210 valence electrons. The molecule has 14 nitrogen and oxygen atoms in total. The zero-order valence-electron chi connectivity index (χ0n) is 21.5. The smallest absolute Gasteiger partial charge is 0.246 e. The first-order valence-electron chi connectivity index (χ1n) is 12.3. The van der Waals surface area contributed by atoms with Crippen molar-refractivity contribution in [1.29, 1.82) is 0 Å². The second-order valence-corrected chi connectivity index (χ2v) is 7.59. The number of rotatable bonds is 24. The van der Waals surface area contributed by atoms with E-state index >= 15 is 0 Å². The molecule has 0 bridgehead atoms. The number of hydrogen-bond donors (Lipinski definition) is 6. The van der Waals surface area contributed by atoms with Gasteiger partial charge >= 0.3 is 0 Å². The number of carbonyl (C=O) groups is 4. The van der Waals surface area contributed by atoms with Crippen LogP contribution >= 0.6 is 0 Å². The van der Waals surface area contributed by atoms with Crippen molar-refractivity contribution in [3.05, 3.63) is 0 Å². The topological polar surface area (TPSA) is 191 Å². The second kappa shape index (κ2) is 24.3. The molecular weight excluding hydrogens is 476 g/mol. The average molecular weight is 521 g/mol. The predicted octanol–water partition coefficient (Wildman–Crippen LogP) is -2.44. The summed E-state index contributed by atoms with van der Waals surface area (Å²) in [7, 11) is 0. The first-order valence-corrected chi connectivity index (χ1v) is 12.3. The number of ether oxygens (including phenoxy) is 3. The maximum atomic E-state index is 12.4. The summed E-state index contributed by atoms with van der Waals surface area (Å²) < 4.78 is 15.7. The fourth-order valence-electron chi connectivity index (χ4n) is 2.70. The highest BCUT2D eigenvalue weighted by Gasteiger charge is 2.20. The summed E-state index contributed by atoms with van der Waals surface area (Å²) in [5, 5.41) is 10.7. The second-order valence-electron chi connectivity index (χ2n) is 7.59. The molecular formula is C22H44N6O8. The van der Waals surface area contributed by atoms with Crippen LogP contribution < -0.4 is 32.5 Å². The number of carbonyl (C=O) groups excluding carboxylic acids is 4. The highest BCUT2D eigenvalue weighted by molar-refractivity contribution is 5.88. The van der Waals surface area contributed by atoms with Gasteiger partial charge in [0.2, 0.25) is 23.6 Å². The van der Waals surface area contributed by atoms with Crippen molar-refractivity contribution in [1.82, 2.24) is 26.7 Å². The molecule has 0 aromatic heterocycles. The van der Waals surface area contributed by atoms with Crippen LogP contribution in [0.4, 0.5) is 0 Å². The standard InChI is InChI=1S/C22H44N6O8/c1-3-27-36-15-14-35-17-21(31)28-19(22(32)26-9-7-23)6-4-5-8-25-20(30)16-34-13-12-33-11-10-24-18(2)29/h19,27H,3-17,23H2,1-2H3,(H,24,29)(H,25,30)(H,26,32)(H,28,31). The molecule has 0 fully saturated rings. The minimum absolute atomic E-state index is 0.0885. The molecule has 14 heteroatoms. The molecule has 0 heterocycles. The molecule has 0 aliphatic rings. The highest BCUT2D eigenvalue weighted by atomic mass is 16.7. The molecule has 0 aliphatic carbocycles. The Kier molecular flexibility index (Phi) is 22.7. The Labute approximate surface area is 213 Å². The van der Waals surface area contributed by atoms with Gasteiger partial charge in [-0.2, -0.15) is 0 Å². The molecule has 0 aromatic carbocycles. The first-order chi connectivity index (χ1) is 17.4. The number of hydrogen-bond acceptors (Lipinski definition) is 10. The van der Waals surface area contributed by atoms with E-state index in [4.69, 9.17) is 24.8 Å². The lowest BCUT2D eigenvalue weighted by atomic mass is 10.1. The molecule has 0 rings (SSSR count). The zero-order chi connectivity index (χ0) is 26.9. The van der Waals surface area contributed by atoms with Crippen molar-refractivity contribution in [2.45, 2.75) is 39.2 Å². The Morgan fingerprint density at radius 1 is 0.778 bits per heavy atom. The highest BCUT2D eigenvalue weighted by Crippen LogP contribution is 2.02. The van der Waals surface area contributed by atoms with E-state index in [1.807, 2.05) is 6.92 Å². The van der Waals surface area contributed by atoms with E-state index in [0.29, 0.717) is 71.8 Å². The molecule has 1 unspecified atom stereocenters. The quantitative estimate of drug-likeness (QED) is 0.0588. The lowest BCUT2D eigenvalue weighted by Crippen LogP contribution is -2.48. The third kappa shape index (κ3) is 22.1. The summed E-state index contributed by atoms with van der Waals surface area (Å²) in [4.78, 5) is 52.0. The number of amides is 4. The molecule has 0 radical (unpaired) electrons. The van der Waals surface area contributed by atoms with Gasteiger partial charge in [-0.05, 0) is 19.3 Å². The van der Waals surface area contributed by atoms with Gasteiger partial charge in [0, 0.05) is 39.6 Å². The van der Waals surface area contributed by atoms with Crippen molar-refractivity contribution in [2.24, 2.45) is 5.73 Å². The zero-order valence-corrected chi connectivity index (χ0v) is 21.5. The lowest BCUT2D eigenvalue weighted by Gasteiger charge is -2.18. The van der Waals surface area contributed by atoms with Crippen molar-refractivity contribution in [3.63, 3.8) is 0 Å². The molecule has 0 aromatic rings.